The number of methoxy groups -OCH3 is 1. The van der Waals surface area contributed by atoms with Gasteiger partial charge in [0.05, 0.1) is 18.2 Å². The Labute approximate surface area is 201 Å². The Balaban J connectivity index is 5.61. The molecule has 0 saturated heterocycles. The molecule has 33 heavy (non-hydrogen) atoms. The number of halogens is 1. The molecule has 0 amide bonds. The van der Waals surface area contributed by atoms with E-state index in [2.05, 4.69) is 10.6 Å². The minimum absolute atomic E-state index is 0.0122. The van der Waals surface area contributed by atoms with Crippen LogP contribution in [-0.2, 0) is 14.3 Å². The van der Waals surface area contributed by atoms with Crippen molar-refractivity contribution in [1.29, 1.82) is 0 Å². The number of nitrogens with two attached hydrogens (primary N) is 2. The van der Waals surface area contributed by atoms with Crippen molar-refractivity contribution in [2.75, 3.05) is 20.2 Å². The van der Waals surface area contributed by atoms with E-state index < -0.39 is 40.7 Å². The predicted molar refractivity (Wildman–Crippen MR) is 134 cm³/mol. The highest BCUT2D eigenvalue weighted by Gasteiger charge is 2.42. The van der Waals surface area contributed by atoms with Crippen LogP contribution in [0.15, 0.2) is 0 Å². The van der Waals surface area contributed by atoms with Crippen LogP contribution in [0.1, 0.15) is 82.1 Å². The van der Waals surface area contributed by atoms with Crippen LogP contribution in [0, 0.1) is 10.8 Å². The monoisotopic (exact) mass is 474 g/mol. The van der Waals surface area contributed by atoms with E-state index >= 15 is 0 Å². The summed E-state index contributed by atoms with van der Waals surface area (Å²) in [4.78, 5) is 26.5. The number of ketones is 2. The molecule has 4 unspecified atom stereocenters. The Morgan fingerprint density at radius 2 is 1.33 bits per heavy atom. The largest absolute Gasteiger partial charge is 0.378 e. The van der Waals surface area contributed by atoms with Crippen LogP contribution in [0.25, 0.3) is 0 Å². The normalized spacial score (nSPS) is 17.4. The number of Topliss-reactive ketones (excluding diaryl/α,β-unsaturated/α-hetero) is 2. The first-order valence-electron chi connectivity index (χ1n) is 11.9. The molecule has 0 aromatic rings. The van der Waals surface area contributed by atoms with E-state index in [9.17, 15) is 14.0 Å². The fourth-order valence-electron chi connectivity index (χ4n) is 3.75. The SMILES string of the molecule is COC(CN)C(NC(C)(C)C)C(=O)C(C)(C)CCC(C)(C)NC(C(=O)C(C)(C)C)C(F)CN. The van der Waals surface area contributed by atoms with Gasteiger partial charge in [-0.3, -0.25) is 14.9 Å². The minimum atomic E-state index is -1.49. The van der Waals surface area contributed by atoms with Crippen LogP contribution >= 0.6 is 0 Å². The number of rotatable bonds is 14. The maximum atomic E-state index is 14.6. The summed E-state index contributed by atoms with van der Waals surface area (Å²) in [6.45, 7) is 18.9. The number of ether oxygens (including phenoxy) is 1. The highest BCUT2D eigenvalue weighted by Crippen LogP contribution is 2.31. The van der Waals surface area contributed by atoms with Gasteiger partial charge in [-0.1, -0.05) is 34.6 Å². The average Bonchev–Trinajstić information content (AvgIpc) is 2.67. The van der Waals surface area contributed by atoms with Gasteiger partial charge >= 0.3 is 0 Å². The molecule has 7 nitrogen and oxygen atoms in total. The number of carbonyl (C=O) groups is 2. The van der Waals surface area contributed by atoms with Crippen molar-refractivity contribution in [2.45, 2.75) is 118 Å². The lowest BCUT2D eigenvalue weighted by molar-refractivity contribution is -0.134. The second kappa shape index (κ2) is 12.2. The van der Waals surface area contributed by atoms with Crippen LogP contribution in [-0.4, -0.2) is 67.2 Å². The highest BCUT2D eigenvalue weighted by molar-refractivity contribution is 5.90. The molecular weight excluding hydrogens is 423 g/mol. The third-order valence-corrected chi connectivity index (χ3v) is 5.97. The molecule has 0 aliphatic heterocycles. The van der Waals surface area contributed by atoms with E-state index in [-0.39, 0.29) is 30.2 Å². The van der Waals surface area contributed by atoms with Crippen LogP contribution in [0.2, 0.25) is 0 Å². The summed E-state index contributed by atoms with van der Waals surface area (Å²) in [7, 11) is 1.55. The average molecular weight is 475 g/mol. The Kier molecular flexibility index (Phi) is 11.8. The first-order chi connectivity index (χ1) is 14.7. The van der Waals surface area contributed by atoms with E-state index in [1.165, 1.54) is 0 Å². The van der Waals surface area contributed by atoms with Crippen molar-refractivity contribution in [3.05, 3.63) is 0 Å². The van der Waals surface area contributed by atoms with Gasteiger partial charge in [-0.15, -0.1) is 0 Å². The van der Waals surface area contributed by atoms with Crippen molar-refractivity contribution in [1.82, 2.24) is 10.6 Å². The smallest absolute Gasteiger partial charge is 0.158 e. The molecule has 4 atom stereocenters. The summed E-state index contributed by atoms with van der Waals surface area (Å²) in [5.74, 6) is -0.206. The number of nitrogens with one attached hydrogen (secondary N) is 2. The minimum Gasteiger partial charge on any atom is -0.378 e. The maximum absolute atomic E-state index is 14.6. The first kappa shape index (κ1) is 32.1. The van der Waals surface area contributed by atoms with Gasteiger partial charge < -0.3 is 21.5 Å². The zero-order valence-electron chi connectivity index (χ0n) is 22.9. The molecule has 0 aliphatic carbocycles. The maximum Gasteiger partial charge on any atom is 0.158 e. The molecule has 0 bridgehead atoms. The van der Waals surface area contributed by atoms with Crippen LogP contribution in [0.4, 0.5) is 4.39 Å². The molecular formula is C25H51FN4O3. The van der Waals surface area contributed by atoms with Crippen molar-refractivity contribution in [3.8, 4) is 0 Å². The molecule has 0 aromatic carbocycles. The summed E-state index contributed by atoms with van der Waals surface area (Å²) in [6, 6.07) is -1.57. The van der Waals surface area contributed by atoms with Gasteiger partial charge in [-0.05, 0) is 47.5 Å². The number of alkyl halides is 1. The standard InChI is InChI=1S/C25H51FN4O3/c1-22(2,3)20(31)18(16(26)14-27)30-25(9,10)13-12-24(7,8)21(32)19(17(15-28)33-11)29-23(4,5)6/h16-19,29-30H,12-15,27-28H2,1-11H3. The lowest BCUT2D eigenvalue weighted by Crippen LogP contribution is -2.59. The van der Waals surface area contributed by atoms with E-state index in [4.69, 9.17) is 16.2 Å². The van der Waals surface area contributed by atoms with Gasteiger partial charge in [-0.2, -0.15) is 0 Å². The molecule has 0 heterocycles. The molecule has 0 saturated carbocycles. The first-order valence-corrected chi connectivity index (χ1v) is 11.9. The Morgan fingerprint density at radius 1 is 0.818 bits per heavy atom. The topological polar surface area (TPSA) is 119 Å². The molecule has 8 heteroatoms. The van der Waals surface area contributed by atoms with Crippen LogP contribution in [0.5, 0.6) is 0 Å². The van der Waals surface area contributed by atoms with E-state index in [1.54, 1.807) is 27.9 Å². The fraction of sp³-hybridized carbons (Fsp3) is 0.920. The van der Waals surface area contributed by atoms with Crippen molar-refractivity contribution in [2.24, 2.45) is 22.3 Å². The van der Waals surface area contributed by atoms with E-state index in [0.717, 1.165) is 0 Å². The Bertz CT molecular complexity index is 635. The lowest BCUT2D eigenvalue weighted by atomic mass is 9.75. The van der Waals surface area contributed by atoms with E-state index in [1.807, 2.05) is 48.5 Å². The highest BCUT2D eigenvalue weighted by atomic mass is 19.1. The summed E-state index contributed by atoms with van der Waals surface area (Å²) in [6.07, 6.45) is -0.851. The zero-order chi connectivity index (χ0) is 26.4. The summed E-state index contributed by atoms with van der Waals surface area (Å²) >= 11 is 0. The lowest BCUT2D eigenvalue weighted by Gasteiger charge is -2.39. The van der Waals surface area contributed by atoms with Gasteiger partial charge in [0.2, 0.25) is 0 Å². The van der Waals surface area contributed by atoms with Gasteiger partial charge in [0, 0.05) is 42.1 Å². The number of carbonyl (C=O) groups excluding carboxylic acids is 2. The fourth-order valence-corrected chi connectivity index (χ4v) is 3.75. The number of hydrogen-bond acceptors (Lipinski definition) is 7. The molecule has 0 radical (unpaired) electrons. The molecule has 0 aliphatic rings. The Morgan fingerprint density at radius 3 is 1.70 bits per heavy atom. The second-order valence-corrected chi connectivity index (χ2v) is 12.5. The number of hydrogen-bond donors (Lipinski definition) is 4. The third-order valence-electron chi connectivity index (χ3n) is 5.97. The van der Waals surface area contributed by atoms with Gasteiger partial charge in [0.25, 0.3) is 0 Å². The molecule has 0 aromatic heterocycles. The van der Waals surface area contributed by atoms with Crippen molar-refractivity contribution in [3.63, 3.8) is 0 Å². The molecule has 0 fully saturated rings. The zero-order valence-corrected chi connectivity index (χ0v) is 22.9. The van der Waals surface area contributed by atoms with Gasteiger partial charge in [-0.25, -0.2) is 4.39 Å². The van der Waals surface area contributed by atoms with Crippen molar-refractivity contribution >= 4 is 11.6 Å². The third kappa shape index (κ3) is 10.5. The van der Waals surface area contributed by atoms with E-state index in [0.29, 0.717) is 12.8 Å². The van der Waals surface area contributed by atoms with Crippen molar-refractivity contribution < 1.29 is 18.7 Å². The molecule has 0 spiro atoms. The quantitative estimate of drug-likeness (QED) is 0.306. The molecule has 0 rings (SSSR count). The van der Waals surface area contributed by atoms with Gasteiger partial charge in [0.15, 0.2) is 11.6 Å². The summed E-state index contributed by atoms with van der Waals surface area (Å²) < 4.78 is 20.2. The van der Waals surface area contributed by atoms with Crippen LogP contribution < -0.4 is 22.1 Å². The molecule has 6 N–H and O–H groups in total. The summed E-state index contributed by atoms with van der Waals surface area (Å²) in [5.41, 5.74) is 9.14. The molecule has 196 valence electrons. The Hall–Kier alpha value is -0.930. The second-order valence-electron chi connectivity index (χ2n) is 12.5. The summed E-state index contributed by atoms with van der Waals surface area (Å²) in [5, 5.41) is 6.57. The van der Waals surface area contributed by atoms with Gasteiger partial charge in [0.1, 0.15) is 6.17 Å². The van der Waals surface area contributed by atoms with Crippen LogP contribution in [0.3, 0.4) is 0 Å². The predicted octanol–water partition coefficient (Wildman–Crippen LogP) is 2.74.